The quantitative estimate of drug-likeness (QED) is 0.613. The van der Waals surface area contributed by atoms with E-state index in [1.165, 1.54) is 11.8 Å². The number of amides is 1. The van der Waals surface area contributed by atoms with E-state index in [2.05, 4.69) is 5.32 Å². The van der Waals surface area contributed by atoms with E-state index < -0.39 is 18.0 Å². The first-order valence-electron chi connectivity index (χ1n) is 7.40. The van der Waals surface area contributed by atoms with Crippen LogP contribution in [-0.4, -0.2) is 23.7 Å². The van der Waals surface area contributed by atoms with Crippen LogP contribution < -0.4 is 5.32 Å². The number of benzene rings is 2. The van der Waals surface area contributed by atoms with Crippen LogP contribution in [0.3, 0.4) is 0 Å². The number of nitrogens with one attached hydrogen (secondary N) is 1. The van der Waals surface area contributed by atoms with E-state index in [1.807, 2.05) is 43.3 Å². The molecule has 1 amide bonds. The highest BCUT2D eigenvalue weighted by molar-refractivity contribution is 8.00. The van der Waals surface area contributed by atoms with E-state index in [0.717, 1.165) is 10.5 Å². The fraction of sp³-hybridized carbons (Fsp3) is 0.222. The fourth-order valence-corrected chi connectivity index (χ4v) is 2.78. The molecule has 0 heterocycles. The number of hydrogen-bond acceptors (Lipinski definition) is 4. The van der Waals surface area contributed by atoms with E-state index in [9.17, 15) is 9.59 Å². The Morgan fingerprint density at radius 1 is 1.21 bits per heavy atom. The Kier molecular flexibility index (Phi) is 6.70. The molecule has 0 aliphatic heterocycles. The molecular weight excluding hydrogens is 346 g/mol. The van der Waals surface area contributed by atoms with Gasteiger partial charge in [-0.25, -0.2) is 0 Å². The van der Waals surface area contributed by atoms with Crippen molar-refractivity contribution >= 4 is 40.9 Å². The number of rotatable bonds is 6. The third-order valence-electron chi connectivity index (χ3n) is 3.23. The van der Waals surface area contributed by atoms with Gasteiger partial charge in [-0.15, -0.1) is 11.8 Å². The molecule has 0 bridgehead atoms. The lowest BCUT2D eigenvalue weighted by Gasteiger charge is -2.15. The fourth-order valence-electron chi connectivity index (χ4n) is 1.91. The summed E-state index contributed by atoms with van der Waals surface area (Å²) in [5.41, 5.74) is 1.49. The topological polar surface area (TPSA) is 55.4 Å². The molecule has 126 valence electrons. The normalized spacial score (nSPS) is 11.6. The lowest BCUT2D eigenvalue weighted by atomic mass is 10.2. The van der Waals surface area contributed by atoms with Crippen LogP contribution >= 0.6 is 23.4 Å². The Labute approximate surface area is 150 Å². The zero-order valence-electron chi connectivity index (χ0n) is 13.4. The Balaban J connectivity index is 1.84. The number of anilines is 1. The molecule has 0 fully saturated rings. The minimum absolute atomic E-state index is 0.151. The molecule has 1 N–H and O–H groups in total. The van der Waals surface area contributed by atoms with Crippen LogP contribution in [0.25, 0.3) is 0 Å². The lowest BCUT2D eigenvalue weighted by Crippen LogP contribution is -2.30. The number of thioether (sulfide) groups is 1. The second-order valence-corrected chi connectivity index (χ2v) is 6.67. The second kappa shape index (κ2) is 8.76. The lowest BCUT2D eigenvalue weighted by molar-refractivity contribution is -0.150. The first-order chi connectivity index (χ1) is 11.5. The number of aryl methyl sites for hydroxylation is 1. The third kappa shape index (κ3) is 5.58. The molecule has 2 rings (SSSR count). The van der Waals surface area contributed by atoms with Crippen molar-refractivity contribution in [3.05, 3.63) is 59.1 Å². The van der Waals surface area contributed by atoms with E-state index in [1.54, 1.807) is 19.1 Å². The van der Waals surface area contributed by atoms with Gasteiger partial charge in [0.15, 0.2) is 6.10 Å². The first kappa shape index (κ1) is 18.4. The van der Waals surface area contributed by atoms with Crippen molar-refractivity contribution in [2.75, 3.05) is 11.1 Å². The molecule has 0 aromatic heterocycles. The monoisotopic (exact) mass is 363 g/mol. The van der Waals surface area contributed by atoms with Crippen molar-refractivity contribution in [2.24, 2.45) is 0 Å². The summed E-state index contributed by atoms with van der Waals surface area (Å²) in [5, 5.41) is 3.25. The summed E-state index contributed by atoms with van der Waals surface area (Å²) >= 11 is 7.29. The van der Waals surface area contributed by atoms with Crippen LogP contribution in [0.1, 0.15) is 12.5 Å². The summed E-state index contributed by atoms with van der Waals surface area (Å²) in [6.45, 7) is 3.40. The standard InChI is InChI=1S/C18H18ClNO3S/c1-12-8-9-14(19)10-16(12)20-18(22)13(2)23-17(21)11-24-15-6-4-3-5-7-15/h3-10,13H,11H2,1-2H3,(H,20,22)/t13-/m1/s1. The molecule has 24 heavy (non-hydrogen) atoms. The van der Waals surface area contributed by atoms with Crippen molar-refractivity contribution in [3.63, 3.8) is 0 Å². The molecule has 0 saturated carbocycles. The van der Waals surface area contributed by atoms with Gasteiger partial charge in [-0.1, -0.05) is 35.9 Å². The molecule has 0 radical (unpaired) electrons. The minimum Gasteiger partial charge on any atom is -0.452 e. The predicted molar refractivity (Wildman–Crippen MR) is 97.5 cm³/mol. The SMILES string of the molecule is Cc1ccc(Cl)cc1NC(=O)[C@@H](C)OC(=O)CSc1ccccc1. The van der Waals surface area contributed by atoms with Gasteiger partial charge in [0.05, 0.1) is 5.75 Å². The zero-order chi connectivity index (χ0) is 17.5. The third-order valence-corrected chi connectivity index (χ3v) is 4.46. The van der Waals surface area contributed by atoms with E-state index in [-0.39, 0.29) is 5.75 Å². The molecule has 4 nitrogen and oxygen atoms in total. The van der Waals surface area contributed by atoms with Gasteiger partial charge < -0.3 is 10.1 Å². The largest absolute Gasteiger partial charge is 0.452 e. The average molecular weight is 364 g/mol. The maximum Gasteiger partial charge on any atom is 0.317 e. The zero-order valence-corrected chi connectivity index (χ0v) is 15.0. The maximum atomic E-state index is 12.1. The van der Waals surface area contributed by atoms with E-state index in [4.69, 9.17) is 16.3 Å². The maximum absolute atomic E-state index is 12.1. The van der Waals surface area contributed by atoms with Gasteiger partial charge in [0, 0.05) is 15.6 Å². The predicted octanol–water partition coefficient (Wildman–Crippen LogP) is 4.31. The van der Waals surface area contributed by atoms with Crippen LogP contribution in [0.15, 0.2) is 53.4 Å². The van der Waals surface area contributed by atoms with Crippen LogP contribution in [0.2, 0.25) is 5.02 Å². The van der Waals surface area contributed by atoms with Gasteiger partial charge in [0.1, 0.15) is 0 Å². The number of carbonyl (C=O) groups is 2. The average Bonchev–Trinajstić information content (AvgIpc) is 2.57. The molecule has 0 saturated heterocycles. The van der Waals surface area contributed by atoms with Gasteiger partial charge in [-0.2, -0.15) is 0 Å². The first-order valence-corrected chi connectivity index (χ1v) is 8.76. The van der Waals surface area contributed by atoms with E-state index in [0.29, 0.717) is 10.7 Å². The Morgan fingerprint density at radius 3 is 2.62 bits per heavy atom. The smallest absolute Gasteiger partial charge is 0.317 e. The Morgan fingerprint density at radius 2 is 1.92 bits per heavy atom. The number of carbonyl (C=O) groups excluding carboxylic acids is 2. The minimum atomic E-state index is -0.882. The summed E-state index contributed by atoms with van der Waals surface area (Å²) in [6.07, 6.45) is -0.882. The van der Waals surface area contributed by atoms with Gasteiger partial charge in [-0.05, 0) is 43.7 Å². The van der Waals surface area contributed by atoms with Crippen LogP contribution in [-0.2, 0) is 14.3 Å². The molecule has 2 aromatic rings. The van der Waals surface area contributed by atoms with Gasteiger partial charge in [0.25, 0.3) is 5.91 Å². The van der Waals surface area contributed by atoms with Crippen molar-refractivity contribution < 1.29 is 14.3 Å². The number of halogens is 1. The molecule has 0 aliphatic rings. The molecule has 6 heteroatoms. The highest BCUT2D eigenvalue weighted by Crippen LogP contribution is 2.21. The number of ether oxygens (including phenoxy) is 1. The van der Waals surface area contributed by atoms with Crippen LogP contribution in [0.4, 0.5) is 5.69 Å². The van der Waals surface area contributed by atoms with Crippen molar-refractivity contribution in [1.29, 1.82) is 0 Å². The molecule has 0 unspecified atom stereocenters. The van der Waals surface area contributed by atoms with Gasteiger partial charge >= 0.3 is 5.97 Å². The van der Waals surface area contributed by atoms with Gasteiger partial charge in [-0.3, -0.25) is 9.59 Å². The van der Waals surface area contributed by atoms with Crippen molar-refractivity contribution in [3.8, 4) is 0 Å². The number of esters is 1. The summed E-state index contributed by atoms with van der Waals surface area (Å²) in [7, 11) is 0. The molecule has 0 spiro atoms. The van der Waals surface area contributed by atoms with Crippen LogP contribution in [0, 0.1) is 6.92 Å². The molecule has 0 aliphatic carbocycles. The Hall–Kier alpha value is -1.98. The summed E-state index contributed by atoms with van der Waals surface area (Å²) in [4.78, 5) is 25.0. The highest BCUT2D eigenvalue weighted by Gasteiger charge is 2.18. The summed E-state index contributed by atoms with van der Waals surface area (Å²) in [6, 6.07) is 14.8. The summed E-state index contributed by atoms with van der Waals surface area (Å²) in [5.74, 6) is -0.676. The van der Waals surface area contributed by atoms with Crippen LogP contribution in [0.5, 0.6) is 0 Å². The molecule has 1 atom stereocenters. The van der Waals surface area contributed by atoms with Crippen molar-refractivity contribution in [2.45, 2.75) is 24.8 Å². The number of hydrogen-bond donors (Lipinski definition) is 1. The Bertz CT molecular complexity index is 721. The van der Waals surface area contributed by atoms with Crippen molar-refractivity contribution in [1.82, 2.24) is 0 Å². The second-order valence-electron chi connectivity index (χ2n) is 5.18. The molecule has 2 aromatic carbocycles. The highest BCUT2D eigenvalue weighted by atomic mass is 35.5. The van der Waals surface area contributed by atoms with E-state index >= 15 is 0 Å². The molecular formula is C18H18ClNO3S. The van der Waals surface area contributed by atoms with Gasteiger partial charge in [0.2, 0.25) is 0 Å². The summed E-state index contributed by atoms with van der Waals surface area (Å²) < 4.78 is 5.17.